The molecule has 1 aromatic carbocycles. The van der Waals surface area contributed by atoms with E-state index in [1.54, 1.807) is 0 Å². The first-order valence-corrected chi connectivity index (χ1v) is 8.60. The van der Waals surface area contributed by atoms with Crippen LogP contribution in [0.2, 0.25) is 0 Å². The molecule has 0 radical (unpaired) electrons. The molecule has 154 valence electrons. The molecule has 1 fully saturated rings. The third-order valence-corrected chi connectivity index (χ3v) is 5.25. The van der Waals surface area contributed by atoms with E-state index in [1.807, 2.05) is 0 Å². The van der Waals surface area contributed by atoms with Gasteiger partial charge in [-0.1, -0.05) is 0 Å². The molecule has 0 amide bonds. The van der Waals surface area contributed by atoms with E-state index in [1.165, 1.54) is 0 Å². The zero-order valence-corrected chi connectivity index (χ0v) is 15.0. The summed E-state index contributed by atoms with van der Waals surface area (Å²) in [4.78, 5) is 24.7. The number of ether oxygens (including phenoxy) is 2. The van der Waals surface area contributed by atoms with E-state index in [0.29, 0.717) is 6.07 Å². The van der Waals surface area contributed by atoms with Crippen LogP contribution in [-0.2, 0) is 19.1 Å². The number of cyclic esters (lactones) is 1. The number of esters is 2. The number of methoxy groups -OCH3 is 1. The number of hydrogen-bond acceptors (Lipinski definition) is 5. The van der Waals surface area contributed by atoms with Gasteiger partial charge in [0.05, 0.1) is 41.5 Å². The molecule has 1 aromatic rings. The monoisotopic (exact) mass is 415 g/mol. The Kier molecular flexibility index (Phi) is 4.39. The standard InChI is InChI=1S/C19H14F5NO4/c1-28-17(26)15-11(5-20)25-12-6-29-18(27)16(12)14(15)8-2-7(21)3-10(22)13(8)9-4-19(9,23)24/h2-3,9,14,25H,4-6H2,1H3/t9-,14+/m1/s1. The highest BCUT2D eigenvalue weighted by atomic mass is 19.3. The molecule has 2 heterocycles. The maximum absolute atomic E-state index is 14.6. The number of carbonyl (C=O) groups is 2. The molecule has 3 aliphatic rings. The van der Waals surface area contributed by atoms with Crippen LogP contribution in [0.4, 0.5) is 22.0 Å². The minimum Gasteiger partial charge on any atom is -0.466 e. The number of halogens is 5. The third-order valence-electron chi connectivity index (χ3n) is 5.25. The fourth-order valence-corrected chi connectivity index (χ4v) is 3.88. The Morgan fingerprint density at radius 2 is 2.03 bits per heavy atom. The molecule has 2 atom stereocenters. The summed E-state index contributed by atoms with van der Waals surface area (Å²) >= 11 is 0. The fourth-order valence-electron chi connectivity index (χ4n) is 3.88. The van der Waals surface area contributed by atoms with Crippen LogP contribution >= 0.6 is 0 Å². The van der Waals surface area contributed by atoms with Crippen LogP contribution in [0.1, 0.15) is 29.4 Å². The summed E-state index contributed by atoms with van der Waals surface area (Å²) in [6, 6.07) is 1.23. The second-order valence-electron chi connectivity index (χ2n) is 6.95. The molecule has 5 nitrogen and oxygen atoms in total. The van der Waals surface area contributed by atoms with Gasteiger partial charge >= 0.3 is 11.9 Å². The van der Waals surface area contributed by atoms with Crippen LogP contribution < -0.4 is 5.32 Å². The largest absolute Gasteiger partial charge is 0.466 e. The number of allylic oxidation sites excluding steroid dienone is 1. The van der Waals surface area contributed by atoms with Crippen molar-refractivity contribution in [2.24, 2.45) is 0 Å². The Morgan fingerprint density at radius 3 is 2.62 bits per heavy atom. The molecule has 0 saturated heterocycles. The molecule has 0 aromatic heterocycles. The maximum atomic E-state index is 14.6. The fraction of sp³-hybridized carbons (Fsp3) is 0.368. The summed E-state index contributed by atoms with van der Waals surface area (Å²) in [6.45, 7) is -1.48. The average Bonchev–Trinajstić information content (AvgIpc) is 3.13. The Hall–Kier alpha value is -2.91. The van der Waals surface area contributed by atoms with Crippen molar-refractivity contribution in [1.29, 1.82) is 0 Å². The smallest absolute Gasteiger partial charge is 0.337 e. The van der Waals surface area contributed by atoms with Crippen molar-refractivity contribution in [3.63, 3.8) is 0 Å². The lowest BCUT2D eigenvalue weighted by molar-refractivity contribution is -0.136. The van der Waals surface area contributed by atoms with Gasteiger partial charge in [0.25, 0.3) is 5.92 Å². The van der Waals surface area contributed by atoms with Gasteiger partial charge in [-0.15, -0.1) is 0 Å². The van der Waals surface area contributed by atoms with Gasteiger partial charge < -0.3 is 14.8 Å². The van der Waals surface area contributed by atoms with Crippen LogP contribution in [0, 0.1) is 11.6 Å². The van der Waals surface area contributed by atoms with Crippen molar-refractivity contribution in [2.45, 2.75) is 24.2 Å². The quantitative estimate of drug-likeness (QED) is 0.605. The van der Waals surface area contributed by atoms with Crippen molar-refractivity contribution in [2.75, 3.05) is 20.4 Å². The topological polar surface area (TPSA) is 64.6 Å². The minimum atomic E-state index is -3.22. The van der Waals surface area contributed by atoms with Crippen molar-refractivity contribution in [1.82, 2.24) is 5.32 Å². The number of rotatable bonds is 4. The lowest BCUT2D eigenvalue weighted by atomic mass is 9.78. The van der Waals surface area contributed by atoms with E-state index in [9.17, 15) is 31.5 Å². The van der Waals surface area contributed by atoms with Gasteiger partial charge in [0.15, 0.2) is 0 Å². The molecule has 1 aliphatic carbocycles. The van der Waals surface area contributed by atoms with Crippen molar-refractivity contribution in [3.05, 3.63) is 57.4 Å². The van der Waals surface area contributed by atoms with Crippen molar-refractivity contribution < 1.29 is 41.0 Å². The first-order chi connectivity index (χ1) is 13.7. The molecule has 4 rings (SSSR count). The number of benzene rings is 1. The van der Waals surface area contributed by atoms with Crippen molar-refractivity contribution >= 4 is 11.9 Å². The Bertz CT molecular complexity index is 1000. The van der Waals surface area contributed by atoms with Gasteiger partial charge in [0.1, 0.15) is 24.9 Å². The SMILES string of the molecule is COC(=O)C1=C(CF)NC2=C(C(=O)OC2)[C@H]1c1cc(F)cc(F)c1[C@H]1CC1(F)F. The first kappa shape index (κ1) is 19.4. The van der Waals surface area contributed by atoms with Crippen molar-refractivity contribution in [3.8, 4) is 0 Å². The summed E-state index contributed by atoms with van der Waals surface area (Å²) < 4.78 is 79.5. The van der Waals surface area contributed by atoms with E-state index in [4.69, 9.17) is 4.74 Å². The van der Waals surface area contributed by atoms with Gasteiger partial charge in [-0.25, -0.2) is 31.5 Å². The Morgan fingerprint density at radius 1 is 1.34 bits per heavy atom. The summed E-state index contributed by atoms with van der Waals surface area (Å²) in [5, 5.41) is 2.57. The number of nitrogens with one attached hydrogen (secondary N) is 1. The van der Waals surface area contributed by atoms with Crippen LogP contribution in [0.15, 0.2) is 34.7 Å². The number of alkyl halides is 3. The molecule has 29 heavy (non-hydrogen) atoms. The van der Waals surface area contributed by atoms with E-state index in [-0.39, 0.29) is 29.1 Å². The molecule has 0 bridgehead atoms. The summed E-state index contributed by atoms with van der Waals surface area (Å²) in [5.74, 6) is -10.6. The highest BCUT2D eigenvalue weighted by Crippen LogP contribution is 2.59. The summed E-state index contributed by atoms with van der Waals surface area (Å²) in [5.41, 5.74) is -1.70. The zero-order valence-electron chi connectivity index (χ0n) is 15.0. The van der Waals surface area contributed by atoms with Crippen LogP contribution in [0.3, 0.4) is 0 Å². The Labute approximate surface area is 161 Å². The number of carbonyl (C=O) groups excluding carboxylic acids is 2. The molecular weight excluding hydrogens is 401 g/mol. The maximum Gasteiger partial charge on any atom is 0.337 e. The normalized spacial score (nSPS) is 24.8. The van der Waals surface area contributed by atoms with E-state index >= 15 is 0 Å². The van der Waals surface area contributed by atoms with Crippen LogP contribution in [0.25, 0.3) is 0 Å². The highest BCUT2D eigenvalue weighted by Gasteiger charge is 2.60. The minimum absolute atomic E-state index is 0.0958. The second-order valence-corrected chi connectivity index (χ2v) is 6.95. The molecule has 0 spiro atoms. The highest BCUT2D eigenvalue weighted by molar-refractivity contribution is 6.01. The Balaban J connectivity index is 2.00. The van der Waals surface area contributed by atoms with Gasteiger partial charge in [-0.3, -0.25) is 0 Å². The summed E-state index contributed by atoms with van der Waals surface area (Å²) in [6.07, 6.45) is -0.670. The van der Waals surface area contributed by atoms with Crippen LogP contribution in [-0.4, -0.2) is 38.3 Å². The molecule has 10 heteroatoms. The molecule has 1 N–H and O–H groups in total. The van der Waals surface area contributed by atoms with Gasteiger partial charge in [0.2, 0.25) is 0 Å². The summed E-state index contributed by atoms with van der Waals surface area (Å²) in [7, 11) is 1.00. The predicted octanol–water partition coefficient (Wildman–Crippen LogP) is 2.98. The third kappa shape index (κ3) is 2.97. The molecule has 2 aliphatic heterocycles. The molecular formula is C19H14F5NO4. The van der Waals surface area contributed by atoms with E-state index < -0.39 is 65.6 Å². The lowest BCUT2D eigenvalue weighted by Crippen LogP contribution is -2.32. The lowest BCUT2D eigenvalue weighted by Gasteiger charge is -2.29. The van der Waals surface area contributed by atoms with Gasteiger partial charge in [0, 0.05) is 18.1 Å². The first-order valence-electron chi connectivity index (χ1n) is 8.60. The number of dihydropyridines is 1. The zero-order chi connectivity index (χ0) is 21.1. The van der Waals surface area contributed by atoms with Gasteiger partial charge in [-0.05, 0) is 11.6 Å². The molecule has 1 saturated carbocycles. The average molecular weight is 415 g/mol. The van der Waals surface area contributed by atoms with E-state index in [0.717, 1.165) is 13.2 Å². The predicted molar refractivity (Wildman–Crippen MR) is 87.5 cm³/mol. The molecule has 0 unspecified atom stereocenters. The van der Waals surface area contributed by atoms with Crippen LogP contribution in [0.5, 0.6) is 0 Å². The van der Waals surface area contributed by atoms with E-state index in [2.05, 4.69) is 10.1 Å². The second kappa shape index (κ2) is 6.57. The van der Waals surface area contributed by atoms with Gasteiger partial charge in [-0.2, -0.15) is 0 Å². The number of hydrogen-bond donors (Lipinski definition) is 1.